The molecule has 0 aliphatic carbocycles. The van der Waals surface area contributed by atoms with E-state index >= 15 is 0 Å². The van der Waals surface area contributed by atoms with Gasteiger partial charge in [-0.3, -0.25) is 0 Å². The molecular weight excluding hydrogens is 291 g/mol. The minimum Gasteiger partial charge on any atom is -0.398 e. The number of aryl methyl sites for hydroxylation is 1. The first-order chi connectivity index (χ1) is 9.83. The maximum Gasteiger partial charge on any atom is 0.243 e. The first-order valence-corrected chi connectivity index (χ1v) is 7.93. The van der Waals surface area contributed by atoms with Crippen molar-refractivity contribution >= 4 is 15.7 Å². The molecule has 0 bridgehead atoms. The van der Waals surface area contributed by atoms with Gasteiger partial charge in [-0.05, 0) is 31.5 Å². The van der Waals surface area contributed by atoms with Crippen LogP contribution in [-0.2, 0) is 10.0 Å². The second-order valence-electron chi connectivity index (χ2n) is 4.86. The predicted octanol–water partition coefficient (Wildman–Crippen LogP) is 2.76. The molecule has 1 atom stereocenters. The van der Waals surface area contributed by atoms with Crippen LogP contribution in [0.25, 0.3) is 0 Å². The molecule has 0 spiro atoms. The van der Waals surface area contributed by atoms with Gasteiger partial charge >= 0.3 is 0 Å². The summed E-state index contributed by atoms with van der Waals surface area (Å²) in [6, 6.07) is 10.2. The third kappa shape index (κ3) is 3.22. The topological polar surface area (TPSA) is 72.2 Å². The Labute approximate surface area is 123 Å². The van der Waals surface area contributed by atoms with Gasteiger partial charge in [-0.1, -0.05) is 30.3 Å². The third-order valence-corrected chi connectivity index (χ3v) is 4.97. The Kier molecular flexibility index (Phi) is 4.29. The molecule has 2 rings (SSSR count). The van der Waals surface area contributed by atoms with Crippen LogP contribution >= 0.6 is 0 Å². The zero-order valence-electron chi connectivity index (χ0n) is 11.8. The second kappa shape index (κ2) is 5.83. The Morgan fingerprint density at radius 1 is 1.14 bits per heavy atom. The summed E-state index contributed by atoms with van der Waals surface area (Å²) in [5, 5.41) is 0. The molecule has 0 saturated carbocycles. The molecule has 0 heterocycles. The van der Waals surface area contributed by atoms with Gasteiger partial charge in [-0.15, -0.1) is 0 Å². The average molecular weight is 308 g/mol. The fraction of sp³-hybridized carbons (Fsp3) is 0.200. The molecule has 0 radical (unpaired) electrons. The number of nitrogens with two attached hydrogens (primary N) is 1. The SMILES string of the molecule is Cc1cccc(N)c1S(=O)(=O)NC(C)c1ccccc1F. The summed E-state index contributed by atoms with van der Waals surface area (Å²) in [6.45, 7) is 3.25. The van der Waals surface area contributed by atoms with Crippen molar-refractivity contribution in [3.8, 4) is 0 Å². The van der Waals surface area contributed by atoms with Crippen LogP contribution in [0.2, 0.25) is 0 Å². The van der Waals surface area contributed by atoms with E-state index in [0.717, 1.165) is 0 Å². The summed E-state index contributed by atoms with van der Waals surface area (Å²) in [6.07, 6.45) is 0. The second-order valence-corrected chi connectivity index (χ2v) is 6.51. The normalized spacial score (nSPS) is 13.1. The highest BCUT2D eigenvalue weighted by molar-refractivity contribution is 7.89. The summed E-state index contributed by atoms with van der Waals surface area (Å²) in [4.78, 5) is 0.0354. The maximum atomic E-state index is 13.7. The van der Waals surface area contributed by atoms with Crippen molar-refractivity contribution in [2.75, 3.05) is 5.73 Å². The Bertz CT molecular complexity index is 740. The maximum absolute atomic E-state index is 13.7. The summed E-state index contributed by atoms with van der Waals surface area (Å²) >= 11 is 0. The van der Waals surface area contributed by atoms with E-state index in [0.29, 0.717) is 5.56 Å². The van der Waals surface area contributed by atoms with Gasteiger partial charge < -0.3 is 5.73 Å². The minimum atomic E-state index is -3.83. The molecule has 0 aromatic heterocycles. The van der Waals surface area contributed by atoms with Gasteiger partial charge in [0.25, 0.3) is 0 Å². The largest absolute Gasteiger partial charge is 0.398 e. The first-order valence-electron chi connectivity index (χ1n) is 6.45. The average Bonchev–Trinajstić information content (AvgIpc) is 2.37. The van der Waals surface area contributed by atoms with Crippen molar-refractivity contribution < 1.29 is 12.8 Å². The molecule has 0 saturated heterocycles. The summed E-state index contributed by atoms with van der Waals surface area (Å²) < 4.78 is 41.1. The van der Waals surface area contributed by atoms with Crippen LogP contribution in [0.5, 0.6) is 0 Å². The van der Waals surface area contributed by atoms with E-state index in [1.165, 1.54) is 12.1 Å². The summed E-state index contributed by atoms with van der Waals surface area (Å²) in [5.74, 6) is -0.453. The minimum absolute atomic E-state index is 0.0354. The number of nitrogen functional groups attached to an aromatic ring is 1. The van der Waals surface area contributed by atoms with Crippen molar-refractivity contribution in [1.29, 1.82) is 0 Å². The van der Waals surface area contributed by atoms with E-state index in [9.17, 15) is 12.8 Å². The quantitative estimate of drug-likeness (QED) is 0.853. The fourth-order valence-corrected chi connectivity index (χ4v) is 3.80. The van der Waals surface area contributed by atoms with Gasteiger partial charge in [0.15, 0.2) is 0 Å². The molecule has 21 heavy (non-hydrogen) atoms. The van der Waals surface area contributed by atoms with E-state index in [1.807, 2.05) is 0 Å². The molecule has 3 N–H and O–H groups in total. The molecule has 6 heteroatoms. The molecular formula is C15H17FN2O2S. The Balaban J connectivity index is 2.36. The molecule has 0 amide bonds. The lowest BCUT2D eigenvalue weighted by molar-refractivity contribution is 0.550. The van der Waals surface area contributed by atoms with Gasteiger partial charge in [0.1, 0.15) is 10.7 Å². The van der Waals surface area contributed by atoms with Crippen molar-refractivity contribution in [1.82, 2.24) is 4.72 Å². The van der Waals surface area contributed by atoms with Crippen molar-refractivity contribution in [3.63, 3.8) is 0 Å². The zero-order valence-corrected chi connectivity index (χ0v) is 12.6. The standard InChI is InChI=1S/C15H17FN2O2S/c1-10-6-5-9-14(17)15(10)21(19,20)18-11(2)12-7-3-4-8-13(12)16/h3-9,11,18H,17H2,1-2H3. The molecule has 0 aliphatic heterocycles. The van der Waals surface area contributed by atoms with E-state index in [1.54, 1.807) is 44.2 Å². The van der Waals surface area contributed by atoms with Crippen LogP contribution in [0, 0.1) is 12.7 Å². The van der Waals surface area contributed by atoms with E-state index < -0.39 is 21.9 Å². The number of rotatable bonds is 4. The number of anilines is 1. The number of halogens is 1. The summed E-state index contributed by atoms with van der Waals surface area (Å²) in [7, 11) is -3.83. The Morgan fingerprint density at radius 3 is 2.43 bits per heavy atom. The van der Waals surface area contributed by atoms with Crippen molar-refractivity contribution in [3.05, 3.63) is 59.4 Å². The zero-order chi connectivity index (χ0) is 15.6. The number of hydrogen-bond acceptors (Lipinski definition) is 3. The molecule has 2 aromatic carbocycles. The monoisotopic (exact) mass is 308 g/mol. The summed E-state index contributed by atoms with van der Waals surface area (Å²) in [5.41, 5.74) is 6.76. The third-order valence-electron chi connectivity index (χ3n) is 3.21. The van der Waals surface area contributed by atoms with Crippen LogP contribution in [0.4, 0.5) is 10.1 Å². The smallest absolute Gasteiger partial charge is 0.243 e. The highest BCUT2D eigenvalue weighted by atomic mass is 32.2. The Morgan fingerprint density at radius 2 is 1.81 bits per heavy atom. The van der Waals surface area contributed by atoms with E-state index in [2.05, 4.69) is 4.72 Å². The van der Waals surface area contributed by atoms with Crippen LogP contribution < -0.4 is 10.5 Å². The number of sulfonamides is 1. The van der Waals surface area contributed by atoms with Crippen LogP contribution in [0.15, 0.2) is 47.4 Å². The lowest BCUT2D eigenvalue weighted by Gasteiger charge is -2.17. The van der Waals surface area contributed by atoms with Crippen LogP contribution in [-0.4, -0.2) is 8.42 Å². The Hall–Kier alpha value is -1.92. The van der Waals surface area contributed by atoms with E-state index in [-0.39, 0.29) is 16.1 Å². The van der Waals surface area contributed by atoms with Gasteiger partial charge in [0.05, 0.1) is 5.69 Å². The number of benzene rings is 2. The highest BCUT2D eigenvalue weighted by Crippen LogP contribution is 2.25. The fourth-order valence-electron chi connectivity index (χ4n) is 2.22. The van der Waals surface area contributed by atoms with Gasteiger partial charge in [-0.25, -0.2) is 17.5 Å². The van der Waals surface area contributed by atoms with Gasteiger partial charge in [0.2, 0.25) is 10.0 Å². The first kappa shape index (κ1) is 15.5. The lowest BCUT2D eigenvalue weighted by atomic mass is 10.1. The highest BCUT2D eigenvalue weighted by Gasteiger charge is 2.23. The van der Waals surface area contributed by atoms with Gasteiger partial charge in [0, 0.05) is 11.6 Å². The van der Waals surface area contributed by atoms with Gasteiger partial charge in [-0.2, -0.15) is 0 Å². The number of hydrogen-bond donors (Lipinski definition) is 2. The molecule has 4 nitrogen and oxygen atoms in total. The van der Waals surface area contributed by atoms with Crippen molar-refractivity contribution in [2.45, 2.75) is 24.8 Å². The molecule has 1 unspecified atom stereocenters. The molecule has 0 aliphatic rings. The lowest BCUT2D eigenvalue weighted by Crippen LogP contribution is -2.28. The molecule has 0 fully saturated rings. The molecule has 112 valence electrons. The predicted molar refractivity (Wildman–Crippen MR) is 80.7 cm³/mol. The van der Waals surface area contributed by atoms with Crippen LogP contribution in [0.1, 0.15) is 24.1 Å². The van der Waals surface area contributed by atoms with E-state index in [4.69, 9.17) is 5.73 Å². The molecule has 2 aromatic rings. The number of nitrogens with one attached hydrogen (secondary N) is 1. The van der Waals surface area contributed by atoms with Crippen LogP contribution in [0.3, 0.4) is 0 Å². The van der Waals surface area contributed by atoms with Crippen molar-refractivity contribution in [2.24, 2.45) is 0 Å².